The van der Waals surface area contributed by atoms with Crippen LogP contribution < -0.4 is 5.32 Å². The van der Waals surface area contributed by atoms with Crippen molar-refractivity contribution in [2.75, 3.05) is 19.8 Å². The molecule has 47 heavy (non-hydrogen) atoms. The van der Waals surface area contributed by atoms with Gasteiger partial charge in [-0.2, -0.15) is 0 Å². The number of ether oxygens (including phenoxy) is 7. The maximum absolute atomic E-state index is 12.0. The minimum atomic E-state index is -1.99. The van der Waals surface area contributed by atoms with Gasteiger partial charge in [0.25, 0.3) is 0 Å². The number of aliphatic hydroxyl groups is 12. The SMILES string of the molecule is CC(=O)N[C@@H]1[C@@H](O[C@@H]2O[C@H](CO)[C@H](O)[C@H](O[C@H]3O[C@H](CO)[C@H](O)[C@H](O)[C@H]3O)[C@H]2O[C@@H]2O[C@@H](C)[C@@H](O)[C@@H](O)[C@@H]2O)[C@@H](O)[C@@H](CO)O[C@H]1O. The van der Waals surface area contributed by atoms with Crippen LogP contribution in [-0.4, -0.2) is 210 Å². The van der Waals surface area contributed by atoms with Crippen LogP contribution in [0.4, 0.5) is 0 Å². The van der Waals surface area contributed by atoms with Crippen LogP contribution in [0.5, 0.6) is 0 Å². The molecule has 0 spiro atoms. The maximum atomic E-state index is 12.0. The van der Waals surface area contributed by atoms with Crippen molar-refractivity contribution in [3.05, 3.63) is 0 Å². The van der Waals surface area contributed by atoms with Gasteiger partial charge in [-0.15, -0.1) is 0 Å². The highest BCUT2D eigenvalue weighted by Crippen LogP contribution is 2.35. The molecule has 4 fully saturated rings. The quantitative estimate of drug-likeness (QED) is 0.101. The summed E-state index contributed by atoms with van der Waals surface area (Å²) in [5.74, 6) is -0.703. The maximum Gasteiger partial charge on any atom is 0.217 e. The van der Waals surface area contributed by atoms with Gasteiger partial charge in [0.05, 0.1) is 25.9 Å². The zero-order chi connectivity index (χ0) is 34.9. The Bertz CT molecular complexity index is 1010. The summed E-state index contributed by atoms with van der Waals surface area (Å²) in [4.78, 5) is 12.0. The Balaban J connectivity index is 1.73. The molecule has 0 aromatic rings. The Kier molecular flexibility index (Phi) is 13.2. The molecular formula is C26H45NO20. The lowest BCUT2D eigenvalue weighted by atomic mass is 9.94. The summed E-state index contributed by atoms with van der Waals surface area (Å²) in [6, 6.07) is -1.52. The molecule has 4 aliphatic heterocycles. The van der Waals surface area contributed by atoms with Crippen molar-refractivity contribution in [3.63, 3.8) is 0 Å². The summed E-state index contributed by atoms with van der Waals surface area (Å²) in [6.07, 6.45) is -33.2. The van der Waals surface area contributed by atoms with Crippen molar-refractivity contribution in [1.82, 2.24) is 5.32 Å². The lowest BCUT2D eigenvalue weighted by Gasteiger charge is -2.50. The molecule has 4 saturated heterocycles. The fourth-order valence-electron chi connectivity index (χ4n) is 5.86. The van der Waals surface area contributed by atoms with Crippen molar-refractivity contribution < 1.29 is 99.2 Å². The Labute approximate surface area is 267 Å². The molecule has 274 valence electrons. The van der Waals surface area contributed by atoms with Crippen molar-refractivity contribution in [2.24, 2.45) is 0 Å². The Morgan fingerprint density at radius 2 is 1.00 bits per heavy atom. The lowest BCUT2D eigenvalue weighted by molar-refractivity contribution is -0.400. The molecule has 4 aliphatic rings. The Morgan fingerprint density at radius 1 is 0.553 bits per heavy atom. The van der Waals surface area contributed by atoms with Crippen LogP contribution in [-0.2, 0) is 38.0 Å². The van der Waals surface area contributed by atoms with Gasteiger partial charge in [-0.25, -0.2) is 0 Å². The summed E-state index contributed by atoms with van der Waals surface area (Å²) in [7, 11) is 0. The van der Waals surface area contributed by atoms with Crippen LogP contribution in [0.25, 0.3) is 0 Å². The smallest absolute Gasteiger partial charge is 0.217 e. The molecular weight excluding hydrogens is 646 g/mol. The second-order valence-electron chi connectivity index (χ2n) is 11.9. The fourth-order valence-corrected chi connectivity index (χ4v) is 5.86. The van der Waals surface area contributed by atoms with Gasteiger partial charge in [0.1, 0.15) is 91.5 Å². The molecule has 0 saturated carbocycles. The van der Waals surface area contributed by atoms with E-state index in [9.17, 15) is 66.1 Å². The highest BCUT2D eigenvalue weighted by Gasteiger charge is 2.56. The van der Waals surface area contributed by atoms with E-state index in [1.54, 1.807) is 0 Å². The van der Waals surface area contributed by atoms with Crippen molar-refractivity contribution in [1.29, 1.82) is 0 Å². The second-order valence-corrected chi connectivity index (χ2v) is 11.9. The highest BCUT2D eigenvalue weighted by molar-refractivity contribution is 5.73. The molecule has 0 radical (unpaired) electrons. The van der Waals surface area contributed by atoms with Crippen LogP contribution in [0.15, 0.2) is 0 Å². The number of carbonyl (C=O) groups excluding carboxylic acids is 1. The first-order valence-corrected chi connectivity index (χ1v) is 15.0. The summed E-state index contributed by atoms with van der Waals surface area (Å²) in [5, 5.41) is 127. The third-order valence-corrected chi connectivity index (χ3v) is 8.57. The molecule has 20 atom stereocenters. The normalized spacial score (nSPS) is 51.0. The third-order valence-electron chi connectivity index (χ3n) is 8.57. The molecule has 0 bridgehead atoms. The molecule has 1 amide bonds. The van der Waals surface area contributed by atoms with Crippen LogP contribution in [0.1, 0.15) is 13.8 Å². The first kappa shape index (κ1) is 38.5. The number of aliphatic hydroxyl groups excluding tert-OH is 12. The standard InChI is InChI=1S/C26H45NO20/c1-6-12(32)16(36)18(38)24(41-6)47-22-21(46-25-19(39)17(37)13(33)8(3-28)43-25)15(35)10(5-30)44-26(22)45-20-11(27-7(2)31)23(40)42-9(4-29)14(20)34/h6,8-26,28-30,32-40H,3-5H2,1-2H3,(H,27,31)/t6-,8+,9+,10+,11+,12+,13-,14-,15-,16+,17-,18-,19+,20+,21-,22+,23+,24-,25+,26-/m0/s1. The van der Waals surface area contributed by atoms with Gasteiger partial charge in [0.2, 0.25) is 5.91 Å². The zero-order valence-corrected chi connectivity index (χ0v) is 25.3. The van der Waals surface area contributed by atoms with Crippen LogP contribution in [0, 0.1) is 0 Å². The Morgan fingerprint density at radius 3 is 1.57 bits per heavy atom. The van der Waals surface area contributed by atoms with Gasteiger partial charge in [-0.1, -0.05) is 0 Å². The van der Waals surface area contributed by atoms with Gasteiger partial charge < -0.3 is 99.8 Å². The van der Waals surface area contributed by atoms with Crippen molar-refractivity contribution >= 4 is 5.91 Å². The van der Waals surface area contributed by atoms with Gasteiger partial charge in [0, 0.05) is 6.92 Å². The van der Waals surface area contributed by atoms with Gasteiger partial charge in [-0.05, 0) is 6.92 Å². The van der Waals surface area contributed by atoms with E-state index >= 15 is 0 Å². The van der Waals surface area contributed by atoms with Crippen LogP contribution >= 0.6 is 0 Å². The minimum Gasteiger partial charge on any atom is -0.394 e. The van der Waals surface area contributed by atoms with E-state index in [1.807, 2.05) is 0 Å². The lowest BCUT2D eigenvalue weighted by Crippen LogP contribution is -2.69. The number of amides is 1. The van der Waals surface area contributed by atoms with Crippen molar-refractivity contribution in [3.8, 4) is 0 Å². The molecule has 0 aliphatic carbocycles. The number of hydrogen-bond acceptors (Lipinski definition) is 20. The van der Waals surface area contributed by atoms with Gasteiger partial charge in [0.15, 0.2) is 25.2 Å². The predicted molar refractivity (Wildman–Crippen MR) is 144 cm³/mol. The molecule has 0 unspecified atom stereocenters. The first-order valence-electron chi connectivity index (χ1n) is 15.0. The molecule has 0 aromatic heterocycles. The average Bonchev–Trinajstić information content (AvgIpc) is 3.04. The minimum absolute atomic E-state index is 0.703. The Hall–Kier alpha value is -1.29. The van der Waals surface area contributed by atoms with Crippen molar-refractivity contribution in [2.45, 2.75) is 137 Å². The largest absolute Gasteiger partial charge is 0.394 e. The van der Waals surface area contributed by atoms with E-state index in [0.717, 1.165) is 6.92 Å². The summed E-state index contributed by atoms with van der Waals surface area (Å²) >= 11 is 0. The zero-order valence-electron chi connectivity index (χ0n) is 25.3. The summed E-state index contributed by atoms with van der Waals surface area (Å²) in [5.41, 5.74) is 0. The highest BCUT2D eigenvalue weighted by atomic mass is 16.8. The fraction of sp³-hybridized carbons (Fsp3) is 0.962. The van der Waals surface area contributed by atoms with E-state index in [-0.39, 0.29) is 0 Å². The predicted octanol–water partition coefficient (Wildman–Crippen LogP) is -8.58. The molecule has 0 aromatic carbocycles. The monoisotopic (exact) mass is 691 g/mol. The average molecular weight is 692 g/mol. The van der Waals surface area contributed by atoms with E-state index in [2.05, 4.69) is 5.32 Å². The summed E-state index contributed by atoms with van der Waals surface area (Å²) in [6.45, 7) is -0.153. The summed E-state index contributed by atoms with van der Waals surface area (Å²) < 4.78 is 39.5. The molecule has 4 heterocycles. The van der Waals surface area contributed by atoms with Crippen LogP contribution in [0.2, 0.25) is 0 Å². The molecule has 13 N–H and O–H groups in total. The molecule has 21 nitrogen and oxygen atoms in total. The van der Waals surface area contributed by atoms with E-state index in [0.29, 0.717) is 0 Å². The number of nitrogens with one attached hydrogen (secondary N) is 1. The van der Waals surface area contributed by atoms with E-state index in [1.165, 1.54) is 6.92 Å². The second kappa shape index (κ2) is 16.2. The third kappa shape index (κ3) is 8.04. The topological polar surface area (TPSA) is 336 Å². The number of carbonyl (C=O) groups is 1. The van der Waals surface area contributed by atoms with E-state index in [4.69, 9.17) is 33.2 Å². The molecule has 4 rings (SSSR count). The molecule has 21 heteroatoms. The number of hydrogen-bond donors (Lipinski definition) is 13. The van der Waals surface area contributed by atoms with E-state index < -0.39 is 148 Å². The van der Waals surface area contributed by atoms with Gasteiger partial charge >= 0.3 is 0 Å². The number of rotatable bonds is 10. The van der Waals surface area contributed by atoms with Crippen LogP contribution in [0.3, 0.4) is 0 Å². The van der Waals surface area contributed by atoms with Gasteiger partial charge in [-0.3, -0.25) is 4.79 Å². The first-order chi connectivity index (χ1) is 22.1.